The summed E-state index contributed by atoms with van der Waals surface area (Å²) in [5.74, 6) is 1.04. The lowest BCUT2D eigenvalue weighted by Crippen LogP contribution is -2.23. The summed E-state index contributed by atoms with van der Waals surface area (Å²) in [6, 6.07) is 9.99. The summed E-state index contributed by atoms with van der Waals surface area (Å²) < 4.78 is 5.94. The molecule has 0 saturated carbocycles. The van der Waals surface area contributed by atoms with Crippen molar-refractivity contribution in [2.75, 3.05) is 18.0 Å². The van der Waals surface area contributed by atoms with E-state index in [9.17, 15) is 0 Å². The highest BCUT2D eigenvalue weighted by atomic mass is 16.5. The molecule has 3 heterocycles. The molecule has 0 aromatic carbocycles. The molecule has 19 heavy (non-hydrogen) atoms. The van der Waals surface area contributed by atoms with Gasteiger partial charge in [0.2, 0.25) is 0 Å². The highest BCUT2D eigenvalue weighted by Crippen LogP contribution is 2.20. The Morgan fingerprint density at radius 1 is 1.16 bits per heavy atom. The van der Waals surface area contributed by atoms with Crippen LogP contribution in [0.15, 0.2) is 48.9 Å². The van der Waals surface area contributed by atoms with Gasteiger partial charge in [0.05, 0.1) is 12.7 Å². The van der Waals surface area contributed by atoms with E-state index < -0.39 is 0 Å². The van der Waals surface area contributed by atoms with Crippen LogP contribution < -0.4 is 4.90 Å². The van der Waals surface area contributed by atoms with Gasteiger partial charge in [0.25, 0.3) is 0 Å². The number of rotatable bonds is 4. The molecule has 3 rings (SSSR count). The maximum Gasteiger partial charge on any atom is 0.128 e. The van der Waals surface area contributed by atoms with Crippen LogP contribution in [0.1, 0.15) is 12.0 Å². The lowest BCUT2D eigenvalue weighted by atomic mass is 10.3. The van der Waals surface area contributed by atoms with Crippen molar-refractivity contribution in [1.29, 1.82) is 0 Å². The van der Waals surface area contributed by atoms with E-state index in [0.717, 1.165) is 25.3 Å². The zero-order valence-electron chi connectivity index (χ0n) is 10.8. The SMILES string of the molecule is c1ccc(N2CC[C@H](OCc3ccncc3)C2)nc1. The average molecular weight is 255 g/mol. The second kappa shape index (κ2) is 5.80. The van der Waals surface area contributed by atoms with Gasteiger partial charge in [0.15, 0.2) is 0 Å². The Morgan fingerprint density at radius 2 is 2.05 bits per heavy atom. The van der Waals surface area contributed by atoms with E-state index in [4.69, 9.17) is 4.74 Å². The Hall–Kier alpha value is -1.94. The highest BCUT2D eigenvalue weighted by Gasteiger charge is 2.23. The lowest BCUT2D eigenvalue weighted by molar-refractivity contribution is 0.0553. The average Bonchev–Trinajstić information content (AvgIpc) is 2.96. The van der Waals surface area contributed by atoms with Crippen LogP contribution in [0.5, 0.6) is 0 Å². The summed E-state index contributed by atoms with van der Waals surface area (Å²) in [6.45, 7) is 2.59. The molecule has 2 aromatic rings. The smallest absolute Gasteiger partial charge is 0.128 e. The molecule has 98 valence electrons. The minimum absolute atomic E-state index is 0.287. The number of nitrogens with zero attached hydrogens (tertiary/aromatic N) is 3. The molecule has 2 aromatic heterocycles. The Kier molecular flexibility index (Phi) is 3.70. The van der Waals surface area contributed by atoms with Crippen LogP contribution in [0, 0.1) is 0 Å². The molecule has 4 heteroatoms. The first-order valence-electron chi connectivity index (χ1n) is 6.58. The number of aromatic nitrogens is 2. The molecular weight excluding hydrogens is 238 g/mol. The van der Waals surface area contributed by atoms with Crippen molar-refractivity contribution in [1.82, 2.24) is 9.97 Å². The van der Waals surface area contributed by atoms with Crippen molar-refractivity contribution in [2.24, 2.45) is 0 Å². The molecule has 1 fully saturated rings. The predicted octanol–water partition coefficient (Wildman–Crippen LogP) is 2.27. The van der Waals surface area contributed by atoms with Gasteiger partial charge in [-0.3, -0.25) is 4.98 Å². The molecule has 0 radical (unpaired) electrons. The van der Waals surface area contributed by atoms with Crippen molar-refractivity contribution in [2.45, 2.75) is 19.1 Å². The van der Waals surface area contributed by atoms with Gasteiger partial charge in [-0.1, -0.05) is 6.07 Å². The van der Waals surface area contributed by atoms with Crippen LogP contribution in [0.2, 0.25) is 0 Å². The Balaban J connectivity index is 1.52. The second-order valence-electron chi connectivity index (χ2n) is 4.71. The number of pyridine rings is 2. The number of hydrogen-bond donors (Lipinski definition) is 0. The minimum atomic E-state index is 0.287. The van der Waals surface area contributed by atoms with E-state index in [0.29, 0.717) is 6.61 Å². The van der Waals surface area contributed by atoms with Gasteiger partial charge < -0.3 is 9.64 Å². The van der Waals surface area contributed by atoms with Gasteiger partial charge in [0.1, 0.15) is 5.82 Å². The number of hydrogen-bond acceptors (Lipinski definition) is 4. The van der Waals surface area contributed by atoms with E-state index in [1.165, 1.54) is 5.56 Å². The fourth-order valence-electron chi connectivity index (χ4n) is 2.31. The third-order valence-corrected chi connectivity index (χ3v) is 3.35. The van der Waals surface area contributed by atoms with Crippen LogP contribution >= 0.6 is 0 Å². The lowest BCUT2D eigenvalue weighted by Gasteiger charge is -2.17. The molecule has 0 amide bonds. The van der Waals surface area contributed by atoms with Gasteiger partial charge in [-0.2, -0.15) is 0 Å². The van der Waals surface area contributed by atoms with Crippen molar-refractivity contribution in [3.05, 3.63) is 54.5 Å². The monoisotopic (exact) mass is 255 g/mol. The van der Waals surface area contributed by atoms with Gasteiger partial charge in [-0.05, 0) is 36.2 Å². The normalized spacial score (nSPS) is 18.7. The minimum Gasteiger partial charge on any atom is -0.372 e. The zero-order chi connectivity index (χ0) is 12.9. The van der Waals surface area contributed by atoms with E-state index in [-0.39, 0.29) is 6.10 Å². The molecule has 4 nitrogen and oxygen atoms in total. The first kappa shape index (κ1) is 12.1. The van der Waals surface area contributed by atoms with Crippen LogP contribution in [0.25, 0.3) is 0 Å². The molecule has 1 aliphatic heterocycles. The van der Waals surface area contributed by atoms with Crippen molar-refractivity contribution >= 4 is 5.82 Å². The summed E-state index contributed by atoms with van der Waals surface area (Å²) in [7, 11) is 0. The van der Waals surface area contributed by atoms with Gasteiger partial charge in [-0.25, -0.2) is 4.98 Å². The topological polar surface area (TPSA) is 38.2 Å². The van der Waals surface area contributed by atoms with Crippen molar-refractivity contribution in [3.8, 4) is 0 Å². The van der Waals surface area contributed by atoms with Crippen molar-refractivity contribution < 1.29 is 4.74 Å². The summed E-state index contributed by atoms with van der Waals surface area (Å²) in [4.78, 5) is 10.7. The van der Waals surface area contributed by atoms with Gasteiger partial charge in [0, 0.05) is 31.7 Å². The van der Waals surface area contributed by atoms with Crippen molar-refractivity contribution in [3.63, 3.8) is 0 Å². The van der Waals surface area contributed by atoms with Crippen LogP contribution in [0.4, 0.5) is 5.82 Å². The highest BCUT2D eigenvalue weighted by molar-refractivity contribution is 5.39. The summed E-state index contributed by atoms with van der Waals surface area (Å²) in [5, 5.41) is 0. The van der Waals surface area contributed by atoms with Gasteiger partial charge in [-0.15, -0.1) is 0 Å². The van der Waals surface area contributed by atoms with Crippen LogP contribution in [-0.4, -0.2) is 29.2 Å². The molecule has 1 saturated heterocycles. The third kappa shape index (κ3) is 3.09. The first-order chi connectivity index (χ1) is 9.42. The maximum absolute atomic E-state index is 5.94. The molecular formula is C15H17N3O. The summed E-state index contributed by atoms with van der Waals surface area (Å²) >= 11 is 0. The number of anilines is 1. The maximum atomic E-state index is 5.94. The molecule has 1 atom stereocenters. The molecule has 0 aliphatic carbocycles. The second-order valence-corrected chi connectivity index (χ2v) is 4.71. The van der Waals surface area contributed by atoms with E-state index in [1.54, 1.807) is 12.4 Å². The fourth-order valence-corrected chi connectivity index (χ4v) is 2.31. The van der Waals surface area contributed by atoms with E-state index in [2.05, 4.69) is 14.9 Å². The quantitative estimate of drug-likeness (QED) is 0.840. The Morgan fingerprint density at radius 3 is 2.84 bits per heavy atom. The van der Waals surface area contributed by atoms with E-state index in [1.807, 2.05) is 36.5 Å². The molecule has 0 spiro atoms. The Bertz CT molecular complexity index is 503. The van der Waals surface area contributed by atoms with Gasteiger partial charge >= 0.3 is 0 Å². The fraction of sp³-hybridized carbons (Fsp3) is 0.333. The first-order valence-corrected chi connectivity index (χ1v) is 6.58. The van der Waals surface area contributed by atoms with Crippen LogP contribution in [0.3, 0.4) is 0 Å². The van der Waals surface area contributed by atoms with E-state index >= 15 is 0 Å². The number of ether oxygens (including phenoxy) is 1. The summed E-state index contributed by atoms with van der Waals surface area (Å²) in [6.07, 6.45) is 6.78. The Labute approximate surface area is 113 Å². The largest absolute Gasteiger partial charge is 0.372 e. The predicted molar refractivity (Wildman–Crippen MR) is 73.9 cm³/mol. The third-order valence-electron chi connectivity index (χ3n) is 3.35. The summed E-state index contributed by atoms with van der Waals surface area (Å²) in [5.41, 5.74) is 1.17. The molecule has 0 N–H and O–H groups in total. The van der Waals surface area contributed by atoms with Crippen LogP contribution in [-0.2, 0) is 11.3 Å². The zero-order valence-corrected chi connectivity index (χ0v) is 10.8. The standard InChI is InChI=1S/C15H17N3O/c1-2-7-17-15(3-1)18-10-6-14(11-18)19-12-13-4-8-16-9-5-13/h1-5,7-9,14H,6,10-12H2/t14-/m0/s1. The molecule has 0 bridgehead atoms. The molecule has 0 unspecified atom stereocenters. The molecule has 1 aliphatic rings.